The van der Waals surface area contributed by atoms with Crippen molar-refractivity contribution >= 4 is 11.6 Å². The van der Waals surface area contributed by atoms with Crippen molar-refractivity contribution in [1.29, 1.82) is 0 Å². The van der Waals surface area contributed by atoms with Gasteiger partial charge in [-0.25, -0.2) is 0 Å². The van der Waals surface area contributed by atoms with Crippen molar-refractivity contribution in [3.8, 4) is 5.75 Å². The number of hydrogen-bond donors (Lipinski definition) is 1. The molecule has 0 heterocycles. The lowest BCUT2D eigenvalue weighted by Gasteiger charge is -2.28. The molecule has 2 aromatic carbocycles. The Labute approximate surface area is 181 Å². The molecule has 1 aliphatic carbocycles. The van der Waals surface area contributed by atoms with Crippen molar-refractivity contribution in [2.75, 3.05) is 31.6 Å². The van der Waals surface area contributed by atoms with E-state index in [0.717, 1.165) is 68.7 Å². The van der Waals surface area contributed by atoms with Crippen LogP contribution >= 0.6 is 0 Å². The van der Waals surface area contributed by atoms with Crippen LogP contribution in [0.4, 0.5) is 5.69 Å². The maximum absolute atomic E-state index is 13.3. The van der Waals surface area contributed by atoms with Gasteiger partial charge < -0.3 is 15.0 Å². The van der Waals surface area contributed by atoms with Gasteiger partial charge in [0.1, 0.15) is 5.75 Å². The summed E-state index contributed by atoms with van der Waals surface area (Å²) in [5.74, 6) is 0.957. The summed E-state index contributed by atoms with van der Waals surface area (Å²) < 4.78 is 5.87. The van der Waals surface area contributed by atoms with Gasteiger partial charge in [0.25, 0.3) is 0 Å². The summed E-state index contributed by atoms with van der Waals surface area (Å²) in [6, 6.07) is 16.2. The van der Waals surface area contributed by atoms with Crippen LogP contribution in [0.5, 0.6) is 5.75 Å². The van der Waals surface area contributed by atoms with Gasteiger partial charge in [-0.05, 0) is 69.1 Å². The Balaban J connectivity index is 1.57. The average molecular weight is 409 g/mol. The Morgan fingerprint density at radius 2 is 1.63 bits per heavy atom. The highest BCUT2D eigenvalue weighted by Crippen LogP contribution is 2.42. The summed E-state index contributed by atoms with van der Waals surface area (Å²) in [6.45, 7) is 10.4. The third kappa shape index (κ3) is 5.42. The summed E-state index contributed by atoms with van der Waals surface area (Å²) in [7, 11) is 0. The number of benzene rings is 2. The zero-order valence-electron chi connectivity index (χ0n) is 18.7. The van der Waals surface area contributed by atoms with E-state index >= 15 is 0 Å². The third-order valence-corrected chi connectivity index (χ3v) is 6.39. The maximum atomic E-state index is 13.3. The van der Waals surface area contributed by atoms with Crippen LogP contribution in [0, 0.1) is 6.92 Å². The molecule has 0 atom stereocenters. The van der Waals surface area contributed by atoms with Gasteiger partial charge in [0.05, 0.1) is 12.0 Å². The van der Waals surface area contributed by atoms with Crippen molar-refractivity contribution in [2.45, 2.75) is 58.3 Å². The zero-order chi connectivity index (χ0) is 21.4. The minimum atomic E-state index is -0.409. The summed E-state index contributed by atoms with van der Waals surface area (Å²) >= 11 is 0. The standard InChI is InChI=1S/C26H36N2O2/c1-4-28(5-2)19-8-20-30-24-15-13-23(14-16-24)27-25(29)26(17-6-7-18-26)22-11-9-21(3)10-12-22/h9-16H,4-8,17-20H2,1-3H3,(H,27,29). The molecule has 1 amide bonds. The van der Waals surface area contributed by atoms with Gasteiger partial charge >= 0.3 is 0 Å². The molecule has 1 fully saturated rings. The van der Waals surface area contributed by atoms with Crippen LogP contribution in [0.15, 0.2) is 48.5 Å². The third-order valence-electron chi connectivity index (χ3n) is 6.39. The largest absolute Gasteiger partial charge is 0.494 e. The van der Waals surface area contributed by atoms with Crippen molar-refractivity contribution in [2.24, 2.45) is 0 Å². The first-order chi connectivity index (χ1) is 14.6. The Kier molecular flexibility index (Phi) is 7.92. The van der Waals surface area contributed by atoms with Crippen LogP contribution in [-0.2, 0) is 10.2 Å². The molecule has 0 unspecified atom stereocenters. The number of carbonyl (C=O) groups is 1. The average Bonchev–Trinajstić information content (AvgIpc) is 3.27. The molecule has 1 aliphatic rings. The molecule has 1 saturated carbocycles. The van der Waals surface area contributed by atoms with E-state index in [4.69, 9.17) is 4.74 Å². The van der Waals surface area contributed by atoms with Gasteiger partial charge in [-0.1, -0.05) is 56.5 Å². The number of hydrogen-bond acceptors (Lipinski definition) is 3. The van der Waals surface area contributed by atoms with Crippen LogP contribution in [-0.4, -0.2) is 37.0 Å². The van der Waals surface area contributed by atoms with Gasteiger partial charge in [-0.15, -0.1) is 0 Å². The maximum Gasteiger partial charge on any atom is 0.235 e. The molecule has 2 aromatic rings. The molecule has 1 N–H and O–H groups in total. The van der Waals surface area contributed by atoms with Crippen LogP contribution in [0.3, 0.4) is 0 Å². The van der Waals surface area contributed by atoms with Crippen LogP contribution in [0.1, 0.15) is 57.1 Å². The summed E-state index contributed by atoms with van der Waals surface area (Å²) in [4.78, 5) is 15.7. The second kappa shape index (κ2) is 10.6. The second-order valence-electron chi connectivity index (χ2n) is 8.36. The first-order valence-corrected chi connectivity index (χ1v) is 11.4. The normalized spacial score (nSPS) is 15.3. The Bertz CT molecular complexity index is 789. The summed E-state index contributed by atoms with van der Waals surface area (Å²) in [6.07, 6.45) is 5.04. The second-order valence-corrected chi connectivity index (χ2v) is 8.36. The predicted molar refractivity (Wildman–Crippen MR) is 124 cm³/mol. The van der Waals surface area contributed by atoms with Gasteiger partial charge in [-0.2, -0.15) is 0 Å². The number of carbonyl (C=O) groups excluding carboxylic acids is 1. The smallest absolute Gasteiger partial charge is 0.235 e. The SMILES string of the molecule is CCN(CC)CCCOc1ccc(NC(=O)C2(c3ccc(C)cc3)CCCC2)cc1. The lowest BCUT2D eigenvalue weighted by Crippen LogP contribution is -2.38. The number of nitrogens with one attached hydrogen (secondary N) is 1. The highest BCUT2D eigenvalue weighted by atomic mass is 16.5. The predicted octanol–water partition coefficient (Wildman–Crippen LogP) is 5.56. The number of aryl methyl sites for hydroxylation is 1. The van der Waals surface area contributed by atoms with E-state index in [1.807, 2.05) is 24.3 Å². The van der Waals surface area contributed by atoms with Crippen molar-refractivity contribution in [3.63, 3.8) is 0 Å². The molecule has 0 bridgehead atoms. The fourth-order valence-corrected chi connectivity index (χ4v) is 4.40. The fourth-order valence-electron chi connectivity index (χ4n) is 4.40. The summed E-state index contributed by atoms with van der Waals surface area (Å²) in [5.41, 5.74) is 2.78. The van der Waals surface area contributed by atoms with E-state index in [-0.39, 0.29) is 5.91 Å². The molecular formula is C26H36N2O2. The number of nitrogens with zero attached hydrogens (tertiary/aromatic N) is 1. The minimum Gasteiger partial charge on any atom is -0.494 e. The van der Waals surface area contributed by atoms with E-state index in [9.17, 15) is 4.79 Å². The van der Waals surface area contributed by atoms with Crippen molar-refractivity contribution in [3.05, 3.63) is 59.7 Å². The fraction of sp³-hybridized carbons (Fsp3) is 0.500. The molecule has 0 saturated heterocycles. The molecule has 162 valence electrons. The molecule has 0 radical (unpaired) electrons. The van der Waals surface area contributed by atoms with E-state index in [1.54, 1.807) is 0 Å². The first kappa shape index (κ1) is 22.4. The lowest BCUT2D eigenvalue weighted by atomic mass is 9.77. The number of rotatable bonds is 10. The van der Waals surface area contributed by atoms with E-state index in [2.05, 4.69) is 55.3 Å². The molecule has 0 aliphatic heterocycles. The number of amides is 1. The van der Waals surface area contributed by atoms with Crippen molar-refractivity contribution < 1.29 is 9.53 Å². The minimum absolute atomic E-state index is 0.108. The highest BCUT2D eigenvalue weighted by molar-refractivity contribution is 5.99. The van der Waals surface area contributed by atoms with Crippen molar-refractivity contribution in [1.82, 2.24) is 4.90 Å². The zero-order valence-corrected chi connectivity index (χ0v) is 18.7. The molecule has 4 nitrogen and oxygen atoms in total. The van der Waals surface area contributed by atoms with Gasteiger partial charge in [0, 0.05) is 12.2 Å². The first-order valence-electron chi connectivity index (χ1n) is 11.4. The molecule has 3 rings (SSSR count). The number of ether oxygens (including phenoxy) is 1. The van der Waals surface area contributed by atoms with Gasteiger partial charge in [0.2, 0.25) is 5.91 Å². The van der Waals surface area contributed by atoms with E-state index in [0.29, 0.717) is 6.61 Å². The quantitative estimate of drug-likeness (QED) is 0.524. The Morgan fingerprint density at radius 3 is 2.23 bits per heavy atom. The highest BCUT2D eigenvalue weighted by Gasteiger charge is 2.42. The molecule has 30 heavy (non-hydrogen) atoms. The van der Waals surface area contributed by atoms with E-state index in [1.165, 1.54) is 5.56 Å². The summed E-state index contributed by atoms with van der Waals surface area (Å²) in [5, 5.41) is 3.16. The lowest BCUT2D eigenvalue weighted by molar-refractivity contribution is -0.121. The topological polar surface area (TPSA) is 41.6 Å². The molecular weight excluding hydrogens is 372 g/mol. The monoisotopic (exact) mass is 408 g/mol. The Morgan fingerprint density at radius 1 is 1.00 bits per heavy atom. The van der Waals surface area contributed by atoms with Crippen LogP contribution in [0.25, 0.3) is 0 Å². The molecule has 0 aromatic heterocycles. The van der Waals surface area contributed by atoms with Crippen LogP contribution in [0.2, 0.25) is 0 Å². The molecule has 4 heteroatoms. The van der Waals surface area contributed by atoms with E-state index < -0.39 is 5.41 Å². The van der Waals surface area contributed by atoms with Gasteiger partial charge in [-0.3, -0.25) is 4.79 Å². The number of anilines is 1. The van der Waals surface area contributed by atoms with Crippen LogP contribution < -0.4 is 10.1 Å². The van der Waals surface area contributed by atoms with Gasteiger partial charge in [0.15, 0.2) is 0 Å². The Hall–Kier alpha value is -2.33. The molecule has 0 spiro atoms.